The number of hydrogen-bond donors (Lipinski definition) is 2. The lowest BCUT2D eigenvalue weighted by Crippen LogP contribution is -2.15. The third-order valence-electron chi connectivity index (χ3n) is 3.58. The van der Waals surface area contributed by atoms with Crippen molar-refractivity contribution >= 4 is 28.9 Å². The van der Waals surface area contributed by atoms with Crippen LogP contribution in [0.2, 0.25) is 5.02 Å². The lowest BCUT2D eigenvalue weighted by Gasteiger charge is -2.12. The molecule has 0 aliphatic carbocycles. The van der Waals surface area contributed by atoms with Crippen molar-refractivity contribution in [2.45, 2.75) is 26.4 Å². The van der Waals surface area contributed by atoms with Gasteiger partial charge in [-0.1, -0.05) is 25.4 Å². The smallest absolute Gasteiger partial charge is 0.384 e. The Morgan fingerprint density at radius 3 is 2.46 bits per heavy atom. The van der Waals surface area contributed by atoms with E-state index in [0.29, 0.717) is 5.92 Å². The lowest BCUT2D eigenvalue weighted by atomic mass is 10.1. The van der Waals surface area contributed by atoms with E-state index in [1.54, 1.807) is 6.07 Å². The van der Waals surface area contributed by atoms with Crippen molar-refractivity contribution in [1.29, 1.82) is 0 Å². The molecule has 2 N–H and O–H groups in total. The van der Waals surface area contributed by atoms with Gasteiger partial charge in [0.05, 0.1) is 22.5 Å². The molecular weight excluding hydrogens is 367 g/mol. The number of carbonyl (C=O) groups is 1. The Kier molecular flexibility index (Phi) is 6.47. The summed E-state index contributed by atoms with van der Waals surface area (Å²) in [6.07, 6.45) is -2.09. The Morgan fingerprint density at radius 1 is 1.19 bits per heavy atom. The molecule has 26 heavy (non-hydrogen) atoms. The first-order chi connectivity index (χ1) is 12.2. The van der Waals surface area contributed by atoms with Crippen LogP contribution >= 0.6 is 11.6 Å². The molecule has 1 heterocycles. The number of carbonyl (C=O) groups excluding carboxylic acids is 1. The average Bonchev–Trinajstić information content (AvgIpc) is 2.56. The number of rotatable bonds is 6. The summed E-state index contributed by atoms with van der Waals surface area (Å²) in [5.74, 6) is -0.0318. The third kappa shape index (κ3) is 5.62. The second-order valence-electron chi connectivity index (χ2n) is 6.19. The fraction of sp³-hybridized carbons (Fsp3) is 0.333. The second kappa shape index (κ2) is 8.40. The predicted molar refractivity (Wildman–Crippen MR) is 96.6 cm³/mol. The van der Waals surface area contributed by atoms with E-state index in [2.05, 4.69) is 29.5 Å². The Morgan fingerprint density at radius 2 is 1.88 bits per heavy atom. The molecule has 0 spiro atoms. The van der Waals surface area contributed by atoms with Gasteiger partial charge in [-0.2, -0.15) is 13.2 Å². The number of amides is 1. The molecule has 4 nitrogen and oxygen atoms in total. The normalized spacial score (nSPS) is 11.5. The molecule has 0 atom stereocenters. The fourth-order valence-corrected chi connectivity index (χ4v) is 2.38. The molecule has 1 aromatic heterocycles. The number of hydrogen-bond acceptors (Lipinski definition) is 3. The van der Waals surface area contributed by atoms with Gasteiger partial charge in [-0.05, 0) is 42.7 Å². The van der Waals surface area contributed by atoms with E-state index < -0.39 is 22.7 Å². The number of benzene rings is 1. The summed E-state index contributed by atoms with van der Waals surface area (Å²) in [4.78, 5) is 16.2. The molecule has 0 saturated carbocycles. The van der Waals surface area contributed by atoms with Gasteiger partial charge in [-0.25, -0.2) is 4.98 Å². The van der Waals surface area contributed by atoms with Crippen LogP contribution in [-0.2, 0) is 6.18 Å². The Labute approximate surface area is 154 Å². The first-order valence-corrected chi connectivity index (χ1v) is 8.42. The predicted octanol–water partition coefficient (Wildman–Crippen LogP) is 5.46. The molecule has 2 rings (SSSR count). The van der Waals surface area contributed by atoms with E-state index in [1.807, 2.05) is 0 Å². The van der Waals surface area contributed by atoms with Crippen LogP contribution in [0.1, 0.15) is 36.3 Å². The quantitative estimate of drug-likeness (QED) is 0.693. The molecule has 0 unspecified atom stereocenters. The molecule has 0 fully saturated rings. The van der Waals surface area contributed by atoms with E-state index in [-0.39, 0.29) is 11.4 Å². The van der Waals surface area contributed by atoms with E-state index in [4.69, 9.17) is 11.6 Å². The lowest BCUT2D eigenvalue weighted by molar-refractivity contribution is -0.137. The van der Waals surface area contributed by atoms with Crippen molar-refractivity contribution in [3.63, 3.8) is 0 Å². The van der Waals surface area contributed by atoms with Crippen molar-refractivity contribution in [2.24, 2.45) is 5.92 Å². The van der Waals surface area contributed by atoms with Crippen LogP contribution in [0.25, 0.3) is 0 Å². The van der Waals surface area contributed by atoms with Gasteiger partial charge in [0.15, 0.2) is 0 Å². The van der Waals surface area contributed by atoms with Crippen molar-refractivity contribution < 1.29 is 18.0 Å². The highest BCUT2D eigenvalue weighted by atomic mass is 35.5. The first-order valence-electron chi connectivity index (χ1n) is 8.05. The van der Waals surface area contributed by atoms with Crippen molar-refractivity contribution in [1.82, 2.24) is 4.98 Å². The Hall–Kier alpha value is -2.28. The van der Waals surface area contributed by atoms with Gasteiger partial charge in [-0.3, -0.25) is 4.79 Å². The maximum Gasteiger partial charge on any atom is 0.417 e. The van der Waals surface area contributed by atoms with Crippen LogP contribution in [0.4, 0.5) is 24.5 Å². The summed E-state index contributed by atoms with van der Waals surface area (Å²) in [6, 6.07) is 6.40. The van der Waals surface area contributed by atoms with Gasteiger partial charge in [0.25, 0.3) is 5.91 Å². The molecule has 0 saturated heterocycles. The van der Waals surface area contributed by atoms with Crippen molar-refractivity contribution in [2.75, 3.05) is 17.2 Å². The van der Waals surface area contributed by atoms with E-state index in [1.165, 1.54) is 18.3 Å². The van der Waals surface area contributed by atoms with E-state index in [0.717, 1.165) is 30.8 Å². The number of anilines is 2. The second-order valence-corrected chi connectivity index (χ2v) is 6.60. The summed E-state index contributed by atoms with van der Waals surface area (Å²) in [7, 11) is 0. The minimum atomic E-state index is -4.60. The molecule has 0 bridgehead atoms. The molecule has 8 heteroatoms. The van der Waals surface area contributed by atoms with Gasteiger partial charge in [-0.15, -0.1) is 0 Å². The molecule has 0 aliphatic heterocycles. The zero-order valence-corrected chi connectivity index (χ0v) is 15.1. The van der Waals surface area contributed by atoms with Crippen LogP contribution in [0.5, 0.6) is 0 Å². The highest BCUT2D eigenvalue weighted by Crippen LogP contribution is 2.36. The van der Waals surface area contributed by atoms with E-state index >= 15 is 0 Å². The topological polar surface area (TPSA) is 54.0 Å². The monoisotopic (exact) mass is 385 g/mol. The van der Waals surface area contributed by atoms with Gasteiger partial charge in [0.1, 0.15) is 5.69 Å². The third-order valence-corrected chi connectivity index (χ3v) is 3.91. The molecule has 0 radical (unpaired) electrons. The maximum absolute atomic E-state index is 12.9. The zero-order valence-electron chi connectivity index (χ0n) is 14.3. The summed E-state index contributed by atoms with van der Waals surface area (Å²) in [5, 5.41) is 5.16. The van der Waals surface area contributed by atoms with Crippen molar-refractivity contribution in [3.05, 3.63) is 52.8 Å². The largest absolute Gasteiger partial charge is 0.417 e. The summed E-state index contributed by atoms with van der Waals surface area (Å²) >= 11 is 5.56. The van der Waals surface area contributed by atoms with Gasteiger partial charge in [0, 0.05) is 12.2 Å². The number of nitrogens with zero attached hydrogens (tertiary/aromatic N) is 1. The molecule has 1 amide bonds. The van der Waals surface area contributed by atoms with Crippen LogP contribution in [0.3, 0.4) is 0 Å². The standard InChI is InChI=1S/C18H19ClF3N3O/c1-11(2)7-8-23-13-4-6-16(24-10-13)17(26)25-12-3-5-15(19)14(9-12)18(20,21)22/h3-6,9-11,23H,7-8H2,1-2H3,(H,25,26). The Bertz CT molecular complexity index is 761. The van der Waals surface area contributed by atoms with Crippen molar-refractivity contribution in [3.8, 4) is 0 Å². The minimum Gasteiger partial charge on any atom is -0.384 e. The molecule has 1 aromatic carbocycles. The zero-order chi connectivity index (χ0) is 19.3. The first kappa shape index (κ1) is 20.0. The van der Waals surface area contributed by atoms with Crippen LogP contribution in [0.15, 0.2) is 36.5 Å². The summed E-state index contributed by atoms with van der Waals surface area (Å²) in [5.41, 5.74) is -0.141. The maximum atomic E-state index is 12.9. The number of alkyl halides is 3. The average molecular weight is 386 g/mol. The van der Waals surface area contributed by atoms with E-state index in [9.17, 15) is 18.0 Å². The fourth-order valence-electron chi connectivity index (χ4n) is 2.15. The molecule has 140 valence electrons. The molecule has 2 aromatic rings. The number of aromatic nitrogens is 1. The molecular formula is C18H19ClF3N3O. The Balaban J connectivity index is 2.04. The highest BCUT2D eigenvalue weighted by molar-refractivity contribution is 6.31. The minimum absolute atomic E-state index is 0.00680. The van der Waals surface area contributed by atoms with Gasteiger partial charge >= 0.3 is 6.18 Å². The van der Waals surface area contributed by atoms with Gasteiger partial charge < -0.3 is 10.6 Å². The molecule has 0 aliphatic rings. The van der Waals surface area contributed by atoms with Crippen LogP contribution in [0, 0.1) is 5.92 Å². The number of nitrogens with one attached hydrogen (secondary N) is 2. The highest BCUT2D eigenvalue weighted by Gasteiger charge is 2.33. The number of pyridine rings is 1. The summed E-state index contributed by atoms with van der Waals surface area (Å²) in [6.45, 7) is 5.03. The SMILES string of the molecule is CC(C)CCNc1ccc(C(=O)Nc2ccc(Cl)c(C(F)(F)F)c2)nc1. The summed E-state index contributed by atoms with van der Waals surface area (Å²) < 4.78 is 38.6. The van der Waals surface area contributed by atoms with Crippen LogP contribution in [-0.4, -0.2) is 17.4 Å². The van der Waals surface area contributed by atoms with Gasteiger partial charge in [0.2, 0.25) is 0 Å². The van der Waals surface area contributed by atoms with Crippen LogP contribution < -0.4 is 10.6 Å². The number of halogens is 4.